The Morgan fingerprint density at radius 2 is 2.00 bits per heavy atom. The van der Waals surface area contributed by atoms with Gasteiger partial charge in [0.15, 0.2) is 12.4 Å². The number of carbonyl (C=O) groups is 1. The second-order valence-electron chi connectivity index (χ2n) is 3.48. The fraction of sp³-hybridized carbons (Fsp3) is 0.727. The fourth-order valence-corrected chi connectivity index (χ4v) is 1.03. The van der Waals surface area contributed by atoms with Gasteiger partial charge in [-0.1, -0.05) is 12.8 Å². The first-order valence-corrected chi connectivity index (χ1v) is 5.32. The first-order chi connectivity index (χ1) is 8.08. The molecule has 17 heavy (non-hydrogen) atoms. The molecule has 0 aliphatic carbocycles. The first kappa shape index (κ1) is 15.9. The Labute approximate surface area is 99.8 Å². The van der Waals surface area contributed by atoms with Gasteiger partial charge in [-0.25, -0.2) is 0 Å². The van der Waals surface area contributed by atoms with Crippen molar-refractivity contribution in [3.8, 4) is 12.0 Å². The van der Waals surface area contributed by atoms with Gasteiger partial charge in [0.1, 0.15) is 24.4 Å². The molecule has 0 bridgehead atoms. The quantitative estimate of drug-likeness (QED) is 0.318. The highest BCUT2D eigenvalue weighted by atomic mass is 16.5. The number of hydrogen-bond donors (Lipinski definition) is 4. The summed E-state index contributed by atoms with van der Waals surface area (Å²) in [6, 6.07) is 0. The minimum absolute atomic E-state index is 0.166. The lowest BCUT2D eigenvalue weighted by Crippen LogP contribution is -2.47. The van der Waals surface area contributed by atoms with E-state index in [1.807, 2.05) is 6.92 Å². The van der Waals surface area contributed by atoms with Crippen molar-refractivity contribution in [2.45, 2.75) is 44.2 Å². The molecule has 0 aromatic carbocycles. The average Bonchev–Trinajstić information content (AvgIpc) is 2.36. The lowest BCUT2D eigenvalue weighted by molar-refractivity contribution is -0.136. The lowest BCUT2D eigenvalue weighted by Gasteiger charge is -2.25. The third-order valence-corrected chi connectivity index (χ3v) is 2.04. The molecule has 4 N–H and O–H groups in total. The minimum Gasteiger partial charge on any atom is -0.437 e. The number of ether oxygens (including phenoxy) is 1. The normalized spacial score (nSPS) is 17.2. The summed E-state index contributed by atoms with van der Waals surface area (Å²) in [5.41, 5.74) is 0. The Morgan fingerprint density at radius 1 is 1.35 bits per heavy atom. The summed E-state index contributed by atoms with van der Waals surface area (Å²) in [4.78, 5) is 10.4. The van der Waals surface area contributed by atoms with Crippen LogP contribution in [0.15, 0.2) is 0 Å². The van der Waals surface area contributed by atoms with Crippen molar-refractivity contribution in [3.05, 3.63) is 0 Å². The summed E-state index contributed by atoms with van der Waals surface area (Å²) in [7, 11) is 0. The van der Waals surface area contributed by atoms with Gasteiger partial charge in [0.05, 0.1) is 6.61 Å². The number of hydrogen-bond acceptors (Lipinski definition) is 6. The van der Waals surface area contributed by atoms with Crippen molar-refractivity contribution in [2.75, 3.05) is 6.61 Å². The number of aliphatic hydroxyl groups is 4. The van der Waals surface area contributed by atoms with E-state index >= 15 is 0 Å². The molecule has 6 heteroatoms. The van der Waals surface area contributed by atoms with E-state index in [0.717, 1.165) is 6.42 Å². The highest BCUT2D eigenvalue weighted by Gasteiger charge is 2.33. The van der Waals surface area contributed by atoms with Gasteiger partial charge in [0, 0.05) is 6.42 Å². The van der Waals surface area contributed by atoms with Crippen molar-refractivity contribution in [1.29, 1.82) is 0 Å². The largest absolute Gasteiger partial charge is 0.437 e. The van der Waals surface area contributed by atoms with Crippen LogP contribution in [0.2, 0.25) is 0 Å². The van der Waals surface area contributed by atoms with E-state index < -0.39 is 31.0 Å². The molecule has 0 rings (SSSR count). The molecule has 98 valence electrons. The van der Waals surface area contributed by atoms with Crippen LogP contribution < -0.4 is 0 Å². The summed E-state index contributed by atoms with van der Waals surface area (Å²) in [5, 5.41) is 36.6. The van der Waals surface area contributed by atoms with E-state index in [0.29, 0.717) is 6.42 Å². The van der Waals surface area contributed by atoms with Crippen LogP contribution in [-0.2, 0) is 9.53 Å². The molecular formula is C11H18O6. The van der Waals surface area contributed by atoms with Crippen LogP contribution in [0.3, 0.4) is 0 Å². The molecule has 0 saturated carbocycles. The van der Waals surface area contributed by atoms with Crippen molar-refractivity contribution in [3.63, 3.8) is 0 Å². The molecule has 0 heterocycles. The number of unbranched alkanes of at least 4 members (excludes halogenated alkanes) is 1. The lowest BCUT2D eigenvalue weighted by atomic mass is 10.0. The van der Waals surface area contributed by atoms with Crippen LogP contribution in [0.25, 0.3) is 0 Å². The van der Waals surface area contributed by atoms with Crippen LogP contribution in [-0.4, -0.2) is 57.7 Å². The molecule has 0 saturated heterocycles. The molecule has 0 fully saturated rings. The van der Waals surface area contributed by atoms with Crippen LogP contribution in [0.4, 0.5) is 0 Å². The van der Waals surface area contributed by atoms with Crippen LogP contribution >= 0.6 is 0 Å². The Kier molecular flexibility index (Phi) is 8.36. The molecule has 0 aliphatic heterocycles. The summed E-state index contributed by atoms with van der Waals surface area (Å²) in [5.74, 6) is 2.60. The molecule has 0 aliphatic rings. The van der Waals surface area contributed by atoms with E-state index in [1.54, 1.807) is 0 Å². The number of carbonyl (C=O) groups excluding carboxylic acids is 1. The zero-order valence-corrected chi connectivity index (χ0v) is 9.61. The van der Waals surface area contributed by atoms with Crippen molar-refractivity contribution in [1.82, 2.24) is 0 Å². The van der Waals surface area contributed by atoms with Crippen LogP contribution in [0.1, 0.15) is 19.8 Å². The van der Waals surface area contributed by atoms with Gasteiger partial charge in [-0.3, -0.25) is 0 Å². The van der Waals surface area contributed by atoms with Crippen LogP contribution in [0, 0.1) is 12.0 Å². The fourth-order valence-electron chi connectivity index (χ4n) is 1.03. The first-order valence-electron chi connectivity index (χ1n) is 5.32. The molecule has 0 aromatic rings. The monoisotopic (exact) mass is 246 g/mol. The van der Waals surface area contributed by atoms with E-state index in [9.17, 15) is 20.1 Å². The Morgan fingerprint density at radius 3 is 2.47 bits per heavy atom. The smallest absolute Gasteiger partial charge is 0.171 e. The zero-order chi connectivity index (χ0) is 13.3. The third-order valence-electron chi connectivity index (χ3n) is 2.04. The molecular weight excluding hydrogens is 228 g/mol. The second kappa shape index (κ2) is 8.96. The Balaban J connectivity index is 4.54. The average molecular weight is 246 g/mol. The molecule has 0 spiro atoms. The summed E-state index contributed by atoms with van der Waals surface area (Å²) in [6.45, 7) is 1.20. The third kappa shape index (κ3) is 5.65. The van der Waals surface area contributed by atoms with Gasteiger partial charge in [-0.05, 0) is 6.42 Å². The van der Waals surface area contributed by atoms with Gasteiger partial charge in [0.25, 0.3) is 0 Å². The minimum atomic E-state index is -1.62. The molecule has 0 unspecified atom stereocenters. The Bertz CT molecular complexity index is 269. The summed E-state index contributed by atoms with van der Waals surface area (Å²) < 4.78 is 4.82. The second-order valence-corrected chi connectivity index (χ2v) is 3.48. The topological polar surface area (TPSA) is 107 Å². The predicted molar refractivity (Wildman–Crippen MR) is 58.7 cm³/mol. The van der Waals surface area contributed by atoms with Gasteiger partial charge in [-0.15, -0.1) is 0 Å². The van der Waals surface area contributed by atoms with E-state index in [4.69, 9.17) is 9.84 Å². The Hall–Kier alpha value is -1.13. The van der Waals surface area contributed by atoms with E-state index in [1.165, 1.54) is 0 Å². The molecule has 4 atom stereocenters. The zero-order valence-electron chi connectivity index (χ0n) is 9.61. The summed E-state index contributed by atoms with van der Waals surface area (Å²) >= 11 is 0. The van der Waals surface area contributed by atoms with Gasteiger partial charge in [-0.2, -0.15) is 0 Å². The maximum Gasteiger partial charge on any atom is 0.171 e. The maximum absolute atomic E-state index is 10.4. The molecule has 0 amide bonds. The highest BCUT2D eigenvalue weighted by molar-refractivity contribution is 5.56. The van der Waals surface area contributed by atoms with Gasteiger partial charge < -0.3 is 30.0 Å². The predicted octanol–water partition coefficient (Wildman–Crippen LogP) is -1.59. The maximum atomic E-state index is 10.4. The highest BCUT2D eigenvalue weighted by Crippen LogP contribution is 2.08. The van der Waals surface area contributed by atoms with E-state index in [2.05, 4.69) is 12.0 Å². The van der Waals surface area contributed by atoms with Crippen molar-refractivity contribution in [2.24, 2.45) is 0 Å². The van der Waals surface area contributed by atoms with E-state index in [-0.39, 0.29) is 6.29 Å². The van der Waals surface area contributed by atoms with Gasteiger partial charge in [0.2, 0.25) is 0 Å². The number of aliphatic hydroxyl groups excluding tert-OH is 4. The molecule has 6 nitrogen and oxygen atoms in total. The van der Waals surface area contributed by atoms with Crippen molar-refractivity contribution < 1.29 is 30.0 Å². The number of aldehydes is 1. The summed E-state index contributed by atoms with van der Waals surface area (Å²) in [6.07, 6.45) is -2.33. The standard InChI is InChI=1S/C11H18O6/c1-2-3-4-5-17-11(9(15)7-13)10(16)8(14)6-12/h7-12,14-16H,2-3,6H2,1H3/t8-,9+,10-,11-/m1/s1. The SMILES string of the molecule is CCCC#CO[C@@H]([C@H](O)[C@H](O)CO)[C@@H](O)C=O. The molecule has 0 radical (unpaired) electrons. The van der Waals surface area contributed by atoms with Gasteiger partial charge >= 0.3 is 0 Å². The van der Waals surface area contributed by atoms with Crippen LogP contribution in [0.5, 0.6) is 0 Å². The van der Waals surface area contributed by atoms with Crippen molar-refractivity contribution >= 4 is 6.29 Å². The molecule has 0 aromatic heterocycles. The number of rotatable bonds is 7.